The molecule has 2 aromatic heterocycles. The number of aryl methyl sites for hydroxylation is 1. The second-order valence-corrected chi connectivity index (χ2v) is 11.1. The molecule has 204 valence electrons. The molecular formula is C29H29F2N3O4S. The number of sulfone groups is 1. The highest BCUT2D eigenvalue weighted by Crippen LogP contribution is 2.31. The second kappa shape index (κ2) is 11.4. The third-order valence-corrected chi connectivity index (χ3v) is 8.49. The van der Waals surface area contributed by atoms with Crippen LogP contribution in [0.3, 0.4) is 0 Å². The summed E-state index contributed by atoms with van der Waals surface area (Å²) in [6.45, 7) is 5.32. The average Bonchev–Trinajstić information content (AvgIpc) is 2.90. The van der Waals surface area contributed by atoms with Crippen LogP contribution in [0, 0.1) is 18.7 Å². The summed E-state index contributed by atoms with van der Waals surface area (Å²) in [4.78, 5) is 20.5. The maximum absolute atomic E-state index is 14.1. The Bertz CT molecular complexity index is 1670. The summed E-state index contributed by atoms with van der Waals surface area (Å²) in [6, 6.07) is 12.3. The molecule has 4 rings (SSSR count). The van der Waals surface area contributed by atoms with E-state index in [1.54, 1.807) is 26.0 Å². The quantitative estimate of drug-likeness (QED) is 0.264. The lowest BCUT2D eigenvalue weighted by molar-refractivity contribution is 0.406. The fraction of sp³-hybridized carbons (Fsp3) is 0.276. The van der Waals surface area contributed by atoms with Gasteiger partial charge in [-0.3, -0.25) is 9.36 Å². The Labute approximate surface area is 225 Å². The van der Waals surface area contributed by atoms with Crippen LogP contribution >= 0.6 is 0 Å². The highest BCUT2D eigenvalue weighted by atomic mass is 32.2. The second-order valence-electron chi connectivity index (χ2n) is 9.24. The predicted molar refractivity (Wildman–Crippen MR) is 143 cm³/mol. The summed E-state index contributed by atoms with van der Waals surface area (Å²) < 4.78 is 56.6. The molecule has 4 aromatic rings. The van der Waals surface area contributed by atoms with Crippen LogP contribution in [0.5, 0.6) is 5.88 Å². The molecule has 0 aliphatic rings. The molecule has 7 nitrogen and oxygen atoms in total. The molecule has 0 radical (unpaired) electrons. The molecule has 0 saturated heterocycles. The number of aromatic hydroxyl groups is 1. The van der Waals surface area contributed by atoms with Gasteiger partial charge in [-0.2, -0.15) is 9.37 Å². The number of hydrogen-bond donors (Lipinski definition) is 1. The van der Waals surface area contributed by atoms with Crippen molar-refractivity contribution in [2.45, 2.75) is 62.3 Å². The molecule has 2 heterocycles. The minimum Gasteiger partial charge on any atom is -0.492 e. The van der Waals surface area contributed by atoms with Crippen LogP contribution in [-0.2, 0) is 16.3 Å². The van der Waals surface area contributed by atoms with Gasteiger partial charge in [0, 0.05) is 18.2 Å². The van der Waals surface area contributed by atoms with Gasteiger partial charge in [0.25, 0.3) is 5.56 Å². The van der Waals surface area contributed by atoms with Gasteiger partial charge in [0.15, 0.2) is 4.90 Å². The first-order valence-corrected chi connectivity index (χ1v) is 14.1. The van der Waals surface area contributed by atoms with Crippen molar-refractivity contribution in [2.75, 3.05) is 0 Å². The summed E-state index contributed by atoms with van der Waals surface area (Å²) >= 11 is 0. The molecule has 10 heteroatoms. The number of pyridine rings is 1. The topological polar surface area (TPSA) is 102 Å². The largest absolute Gasteiger partial charge is 0.492 e. The Morgan fingerprint density at radius 3 is 2.41 bits per heavy atom. The van der Waals surface area contributed by atoms with Crippen LogP contribution in [0.25, 0.3) is 11.1 Å². The minimum absolute atomic E-state index is 0.222. The van der Waals surface area contributed by atoms with E-state index >= 15 is 0 Å². The smallest absolute Gasteiger partial charge is 0.277 e. The number of aromatic nitrogens is 3. The maximum atomic E-state index is 14.1. The van der Waals surface area contributed by atoms with E-state index in [4.69, 9.17) is 0 Å². The van der Waals surface area contributed by atoms with E-state index in [2.05, 4.69) is 9.97 Å². The molecule has 0 fully saturated rings. The van der Waals surface area contributed by atoms with E-state index in [0.717, 1.165) is 6.42 Å². The van der Waals surface area contributed by atoms with E-state index in [1.807, 2.05) is 6.92 Å². The Hall–Kier alpha value is -3.92. The fourth-order valence-electron chi connectivity index (χ4n) is 4.65. The molecule has 0 bridgehead atoms. The van der Waals surface area contributed by atoms with Crippen LogP contribution in [0.1, 0.15) is 56.1 Å². The first-order chi connectivity index (χ1) is 18.6. The Morgan fingerprint density at radius 2 is 1.77 bits per heavy atom. The van der Waals surface area contributed by atoms with Gasteiger partial charge >= 0.3 is 0 Å². The standard InChI is InChI=1S/C29H29F2N3O4S/c1-4-6-10-25-33-28(35)26(29(36)34(25)24(5-2)20-8-7-9-21(30)17-20)39(37,38)22-13-11-19(12-14-22)23-15-16-32-27(31)18(23)3/h7-9,11-17,24,35H,4-6,10H2,1-3H3. The maximum Gasteiger partial charge on any atom is 0.277 e. The SMILES string of the molecule is CCCCc1nc(O)c(S(=O)(=O)c2ccc(-c3ccnc(F)c3C)cc2)c(=O)n1C(CC)c1cccc(F)c1. The van der Waals surface area contributed by atoms with Crippen LogP contribution in [0.2, 0.25) is 0 Å². The number of benzene rings is 2. The van der Waals surface area contributed by atoms with Crippen LogP contribution in [0.4, 0.5) is 8.78 Å². The summed E-state index contributed by atoms with van der Waals surface area (Å²) in [5.41, 5.74) is 0.959. The first kappa shape index (κ1) is 28.1. The predicted octanol–water partition coefficient (Wildman–Crippen LogP) is 5.77. The van der Waals surface area contributed by atoms with Crippen molar-refractivity contribution in [1.29, 1.82) is 0 Å². The molecule has 1 unspecified atom stereocenters. The van der Waals surface area contributed by atoms with E-state index in [9.17, 15) is 27.1 Å². The van der Waals surface area contributed by atoms with E-state index in [-0.39, 0.29) is 10.7 Å². The molecular weight excluding hydrogens is 524 g/mol. The molecule has 2 aromatic carbocycles. The van der Waals surface area contributed by atoms with Crippen molar-refractivity contribution in [2.24, 2.45) is 0 Å². The summed E-state index contributed by atoms with van der Waals surface area (Å²) in [5, 5.41) is 10.7. The summed E-state index contributed by atoms with van der Waals surface area (Å²) in [7, 11) is -4.52. The van der Waals surface area contributed by atoms with Crippen molar-refractivity contribution < 1.29 is 22.3 Å². The van der Waals surface area contributed by atoms with Crippen LogP contribution in [0.15, 0.2) is 75.4 Å². The minimum atomic E-state index is -4.52. The van der Waals surface area contributed by atoms with Gasteiger partial charge in [-0.05, 0) is 66.8 Å². The Kier molecular flexibility index (Phi) is 8.25. The van der Waals surface area contributed by atoms with Gasteiger partial charge in [-0.1, -0.05) is 44.5 Å². The van der Waals surface area contributed by atoms with Gasteiger partial charge in [-0.15, -0.1) is 0 Å². The molecule has 1 atom stereocenters. The number of halogens is 2. The van der Waals surface area contributed by atoms with Crippen LogP contribution < -0.4 is 5.56 Å². The number of rotatable bonds is 9. The fourth-order valence-corrected chi connectivity index (χ4v) is 6.00. The van der Waals surface area contributed by atoms with Crippen molar-refractivity contribution in [3.05, 3.63) is 99.9 Å². The lowest BCUT2D eigenvalue weighted by Crippen LogP contribution is -2.33. The number of nitrogens with zero attached hydrogens (tertiary/aromatic N) is 3. The van der Waals surface area contributed by atoms with Crippen molar-refractivity contribution in [3.63, 3.8) is 0 Å². The third-order valence-electron chi connectivity index (χ3n) is 6.70. The lowest BCUT2D eigenvalue weighted by atomic mass is 10.0. The van der Waals surface area contributed by atoms with E-state index in [1.165, 1.54) is 53.2 Å². The molecule has 0 aliphatic heterocycles. The average molecular weight is 554 g/mol. The molecule has 0 spiro atoms. The molecule has 0 saturated carbocycles. The summed E-state index contributed by atoms with van der Waals surface area (Å²) in [6.07, 6.45) is 3.42. The van der Waals surface area contributed by atoms with Crippen molar-refractivity contribution in [1.82, 2.24) is 14.5 Å². The Balaban J connectivity index is 1.87. The normalized spacial score (nSPS) is 12.4. The van der Waals surface area contributed by atoms with Gasteiger partial charge in [-0.25, -0.2) is 17.8 Å². The zero-order valence-electron chi connectivity index (χ0n) is 21.9. The summed E-state index contributed by atoms with van der Waals surface area (Å²) in [5.74, 6) is -1.78. The van der Waals surface area contributed by atoms with E-state index < -0.39 is 44.0 Å². The van der Waals surface area contributed by atoms with Crippen molar-refractivity contribution in [3.8, 4) is 17.0 Å². The third kappa shape index (κ3) is 5.47. The molecule has 39 heavy (non-hydrogen) atoms. The highest BCUT2D eigenvalue weighted by molar-refractivity contribution is 7.91. The van der Waals surface area contributed by atoms with Gasteiger partial charge in [0.1, 0.15) is 11.6 Å². The number of unbranched alkanes of at least 4 members (excludes halogenated alkanes) is 1. The van der Waals surface area contributed by atoms with Crippen LogP contribution in [-0.4, -0.2) is 28.1 Å². The van der Waals surface area contributed by atoms with Gasteiger partial charge in [0.2, 0.25) is 21.7 Å². The molecule has 0 aliphatic carbocycles. The van der Waals surface area contributed by atoms with E-state index in [0.29, 0.717) is 41.5 Å². The zero-order valence-corrected chi connectivity index (χ0v) is 22.7. The van der Waals surface area contributed by atoms with Crippen molar-refractivity contribution >= 4 is 9.84 Å². The molecule has 1 N–H and O–H groups in total. The lowest BCUT2D eigenvalue weighted by Gasteiger charge is -2.23. The first-order valence-electron chi connectivity index (χ1n) is 12.7. The van der Waals surface area contributed by atoms with Gasteiger partial charge < -0.3 is 5.11 Å². The number of hydrogen-bond acceptors (Lipinski definition) is 6. The highest BCUT2D eigenvalue weighted by Gasteiger charge is 2.31. The monoisotopic (exact) mass is 553 g/mol. The molecule has 0 amide bonds. The Morgan fingerprint density at radius 1 is 1.05 bits per heavy atom. The van der Waals surface area contributed by atoms with Gasteiger partial charge in [0.05, 0.1) is 10.9 Å². The zero-order chi connectivity index (χ0) is 28.3.